The van der Waals surface area contributed by atoms with Crippen molar-refractivity contribution in [3.63, 3.8) is 0 Å². The Balaban J connectivity index is 1.20. The number of amides is 1. The molecule has 0 spiro atoms. The number of rotatable bonds is 4. The average Bonchev–Trinajstić information content (AvgIpc) is 3.33. The van der Waals surface area contributed by atoms with Gasteiger partial charge in [0.15, 0.2) is 0 Å². The Kier molecular flexibility index (Phi) is 4.29. The number of imidazole rings is 2. The standard InChI is InChI=1S/C21H22N6O/c28-21(15-26-16-23-18-5-1-2-6-19(18)26)25-11-9-24(10-12-25)14-17-13-22-20-7-3-4-8-27(17)20/h1-8,13,16H,9-12,14-15H2. The molecule has 4 aromatic rings. The summed E-state index contributed by atoms with van der Waals surface area (Å²) in [5.74, 6) is 0.151. The first-order valence-corrected chi connectivity index (χ1v) is 9.59. The van der Waals surface area contributed by atoms with Crippen LogP contribution in [0.25, 0.3) is 16.7 Å². The van der Waals surface area contributed by atoms with Crippen LogP contribution in [0.5, 0.6) is 0 Å². The number of carbonyl (C=O) groups is 1. The van der Waals surface area contributed by atoms with Crippen molar-refractivity contribution in [1.29, 1.82) is 0 Å². The molecule has 1 aliphatic rings. The van der Waals surface area contributed by atoms with Gasteiger partial charge in [0.2, 0.25) is 5.91 Å². The van der Waals surface area contributed by atoms with Crippen molar-refractivity contribution in [3.8, 4) is 0 Å². The number of benzene rings is 1. The summed E-state index contributed by atoms with van der Waals surface area (Å²) in [4.78, 5) is 25.9. The lowest BCUT2D eigenvalue weighted by atomic mass is 10.2. The molecule has 7 heteroatoms. The fourth-order valence-corrected chi connectivity index (χ4v) is 3.87. The van der Waals surface area contributed by atoms with Crippen LogP contribution in [0.15, 0.2) is 61.2 Å². The molecule has 0 saturated carbocycles. The molecule has 5 rings (SSSR count). The Morgan fingerprint density at radius 1 is 0.964 bits per heavy atom. The van der Waals surface area contributed by atoms with Gasteiger partial charge in [-0.3, -0.25) is 9.69 Å². The van der Waals surface area contributed by atoms with Crippen molar-refractivity contribution in [3.05, 3.63) is 66.9 Å². The fourth-order valence-electron chi connectivity index (χ4n) is 3.87. The van der Waals surface area contributed by atoms with Gasteiger partial charge in [0.25, 0.3) is 0 Å². The first-order valence-electron chi connectivity index (χ1n) is 9.59. The molecule has 1 amide bonds. The molecule has 4 heterocycles. The molecule has 0 N–H and O–H groups in total. The van der Waals surface area contributed by atoms with E-state index in [4.69, 9.17) is 0 Å². The number of fused-ring (bicyclic) bond motifs is 2. The third kappa shape index (κ3) is 3.14. The minimum absolute atomic E-state index is 0.151. The minimum atomic E-state index is 0.151. The summed E-state index contributed by atoms with van der Waals surface area (Å²) in [7, 11) is 0. The summed E-state index contributed by atoms with van der Waals surface area (Å²) >= 11 is 0. The Labute approximate surface area is 162 Å². The van der Waals surface area contributed by atoms with Crippen molar-refractivity contribution in [1.82, 2.24) is 28.7 Å². The summed E-state index contributed by atoms with van der Waals surface area (Å²) in [5, 5.41) is 0. The average molecular weight is 374 g/mol. The zero-order valence-corrected chi connectivity index (χ0v) is 15.6. The normalized spacial score (nSPS) is 15.5. The molecular weight excluding hydrogens is 352 g/mol. The molecular formula is C21H22N6O. The summed E-state index contributed by atoms with van der Waals surface area (Å²) in [5.41, 5.74) is 4.08. The van der Waals surface area contributed by atoms with Crippen LogP contribution < -0.4 is 0 Å². The van der Waals surface area contributed by atoms with Gasteiger partial charge < -0.3 is 13.9 Å². The fraction of sp³-hybridized carbons (Fsp3) is 0.286. The van der Waals surface area contributed by atoms with Crippen LogP contribution in [0, 0.1) is 0 Å². The van der Waals surface area contributed by atoms with Crippen LogP contribution >= 0.6 is 0 Å². The number of para-hydroxylation sites is 2. The Bertz CT molecular complexity index is 1120. The van der Waals surface area contributed by atoms with E-state index in [-0.39, 0.29) is 5.91 Å². The van der Waals surface area contributed by atoms with Gasteiger partial charge in [0.1, 0.15) is 12.2 Å². The van der Waals surface area contributed by atoms with Crippen LogP contribution in [0.3, 0.4) is 0 Å². The maximum absolute atomic E-state index is 12.8. The Morgan fingerprint density at radius 2 is 1.79 bits per heavy atom. The Morgan fingerprint density at radius 3 is 2.68 bits per heavy atom. The molecule has 1 fully saturated rings. The highest BCUT2D eigenvalue weighted by Gasteiger charge is 2.22. The third-order valence-corrected chi connectivity index (χ3v) is 5.44. The molecule has 1 aliphatic heterocycles. The van der Waals surface area contributed by atoms with Crippen LogP contribution in [0.1, 0.15) is 5.69 Å². The van der Waals surface area contributed by atoms with E-state index in [0.717, 1.165) is 49.4 Å². The lowest BCUT2D eigenvalue weighted by molar-refractivity contribution is -0.133. The number of aromatic nitrogens is 4. The lowest BCUT2D eigenvalue weighted by Gasteiger charge is -2.34. The first-order chi connectivity index (χ1) is 13.8. The van der Waals surface area contributed by atoms with Crippen molar-refractivity contribution < 1.29 is 4.79 Å². The van der Waals surface area contributed by atoms with E-state index in [1.54, 1.807) is 6.33 Å². The van der Waals surface area contributed by atoms with Gasteiger partial charge in [-0.2, -0.15) is 0 Å². The molecule has 28 heavy (non-hydrogen) atoms. The molecule has 142 valence electrons. The summed E-state index contributed by atoms with van der Waals surface area (Å²) < 4.78 is 4.06. The molecule has 0 radical (unpaired) electrons. The minimum Gasteiger partial charge on any atom is -0.339 e. The zero-order chi connectivity index (χ0) is 18.9. The van der Waals surface area contributed by atoms with E-state index < -0.39 is 0 Å². The molecule has 3 aromatic heterocycles. The predicted molar refractivity (Wildman–Crippen MR) is 107 cm³/mol. The van der Waals surface area contributed by atoms with E-state index in [1.165, 1.54) is 5.69 Å². The summed E-state index contributed by atoms with van der Waals surface area (Å²) in [6.07, 6.45) is 5.74. The van der Waals surface area contributed by atoms with Crippen LogP contribution in [-0.2, 0) is 17.9 Å². The second kappa shape index (κ2) is 7.09. The van der Waals surface area contributed by atoms with E-state index in [2.05, 4.69) is 19.3 Å². The van der Waals surface area contributed by atoms with E-state index in [1.807, 2.05) is 64.3 Å². The maximum Gasteiger partial charge on any atom is 0.242 e. The van der Waals surface area contributed by atoms with Crippen LogP contribution in [0.2, 0.25) is 0 Å². The largest absolute Gasteiger partial charge is 0.339 e. The summed E-state index contributed by atoms with van der Waals surface area (Å²) in [6, 6.07) is 13.9. The number of hydrogen-bond acceptors (Lipinski definition) is 4. The highest BCUT2D eigenvalue weighted by molar-refractivity contribution is 5.80. The molecule has 0 bridgehead atoms. The maximum atomic E-state index is 12.8. The molecule has 0 unspecified atom stereocenters. The van der Waals surface area contributed by atoms with Crippen LogP contribution in [0.4, 0.5) is 0 Å². The van der Waals surface area contributed by atoms with Gasteiger partial charge >= 0.3 is 0 Å². The predicted octanol–water partition coefficient (Wildman–Crippen LogP) is 2.03. The number of pyridine rings is 1. The summed E-state index contributed by atoms with van der Waals surface area (Å²) in [6.45, 7) is 4.44. The van der Waals surface area contributed by atoms with E-state index in [0.29, 0.717) is 6.54 Å². The van der Waals surface area contributed by atoms with Crippen molar-refractivity contribution in [2.45, 2.75) is 13.1 Å². The molecule has 7 nitrogen and oxygen atoms in total. The number of piperazine rings is 1. The topological polar surface area (TPSA) is 58.7 Å². The molecule has 0 aliphatic carbocycles. The quantitative estimate of drug-likeness (QED) is 0.548. The van der Waals surface area contributed by atoms with E-state index in [9.17, 15) is 4.79 Å². The number of nitrogens with zero attached hydrogens (tertiary/aromatic N) is 6. The Hall–Kier alpha value is -3.19. The van der Waals surface area contributed by atoms with Gasteiger partial charge in [-0.05, 0) is 24.3 Å². The SMILES string of the molecule is O=C(Cn1cnc2ccccc21)N1CCN(Cc2cnc3ccccn23)CC1. The van der Waals surface area contributed by atoms with Gasteiger partial charge in [-0.1, -0.05) is 18.2 Å². The van der Waals surface area contributed by atoms with Crippen LogP contribution in [-0.4, -0.2) is 60.8 Å². The zero-order valence-electron chi connectivity index (χ0n) is 15.6. The monoisotopic (exact) mass is 374 g/mol. The van der Waals surface area contributed by atoms with Gasteiger partial charge in [0.05, 0.1) is 29.3 Å². The number of carbonyl (C=O) groups excluding carboxylic acids is 1. The molecule has 0 atom stereocenters. The van der Waals surface area contributed by atoms with E-state index >= 15 is 0 Å². The highest BCUT2D eigenvalue weighted by Crippen LogP contribution is 2.14. The van der Waals surface area contributed by atoms with Gasteiger partial charge in [0, 0.05) is 38.9 Å². The number of hydrogen-bond donors (Lipinski definition) is 0. The third-order valence-electron chi connectivity index (χ3n) is 5.44. The van der Waals surface area contributed by atoms with Crippen molar-refractivity contribution in [2.24, 2.45) is 0 Å². The molecule has 1 saturated heterocycles. The second-order valence-electron chi connectivity index (χ2n) is 7.20. The highest BCUT2D eigenvalue weighted by atomic mass is 16.2. The first kappa shape index (κ1) is 16.9. The smallest absolute Gasteiger partial charge is 0.242 e. The van der Waals surface area contributed by atoms with Gasteiger partial charge in [-0.25, -0.2) is 9.97 Å². The second-order valence-corrected chi connectivity index (χ2v) is 7.20. The van der Waals surface area contributed by atoms with Crippen molar-refractivity contribution in [2.75, 3.05) is 26.2 Å². The molecule has 1 aromatic carbocycles. The van der Waals surface area contributed by atoms with Gasteiger partial charge in [-0.15, -0.1) is 0 Å². The van der Waals surface area contributed by atoms with Crippen molar-refractivity contribution >= 4 is 22.6 Å². The lowest BCUT2D eigenvalue weighted by Crippen LogP contribution is -2.49.